The summed E-state index contributed by atoms with van der Waals surface area (Å²) in [6, 6.07) is 12.2. The zero-order valence-corrected chi connectivity index (χ0v) is 12.6. The van der Waals surface area contributed by atoms with Crippen LogP contribution >= 0.6 is 11.3 Å². The molecule has 3 aromatic rings. The van der Waals surface area contributed by atoms with E-state index in [0.29, 0.717) is 0 Å². The van der Waals surface area contributed by atoms with E-state index in [-0.39, 0.29) is 0 Å². The summed E-state index contributed by atoms with van der Waals surface area (Å²) in [6.07, 6.45) is 2.86. The number of anilines is 1. The highest BCUT2D eigenvalue weighted by atomic mass is 32.1. The van der Waals surface area contributed by atoms with Gasteiger partial charge in [0, 0.05) is 24.4 Å². The van der Waals surface area contributed by atoms with Crippen molar-refractivity contribution in [1.82, 2.24) is 15.0 Å². The first-order valence-corrected chi connectivity index (χ1v) is 7.82. The molecule has 0 atom stereocenters. The minimum atomic E-state index is 0.720. The second-order valence-corrected chi connectivity index (χ2v) is 5.51. The Balaban J connectivity index is 2.05. The highest BCUT2D eigenvalue weighted by Crippen LogP contribution is 2.26. The Labute approximate surface area is 127 Å². The van der Waals surface area contributed by atoms with E-state index in [1.807, 2.05) is 24.3 Å². The van der Waals surface area contributed by atoms with E-state index in [9.17, 15) is 0 Å². The maximum Gasteiger partial charge on any atom is 0.173 e. The lowest BCUT2D eigenvalue weighted by Gasteiger charge is -2.08. The summed E-state index contributed by atoms with van der Waals surface area (Å²) in [6.45, 7) is 3.03. The fourth-order valence-corrected chi connectivity index (χ4v) is 2.54. The summed E-state index contributed by atoms with van der Waals surface area (Å²) in [7, 11) is 0. The maximum atomic E-state index is 4.67. The van der Waals surface area contributed by atoms with Gasteiger partial charge in [-0.05, 0) is 6.42 Å². The van der Waals surface area contributed by atoms with Crippen molar-refractivity contribution in [3.63, 3.8) is 0 Å². The van der Waals surface area contributed by atoms with Crippen molar-refractivity contribution in [3.8, 4) is 22.0 Å². The van der Waals surface area contributed by atoms with Crippen LogP contribution in [0.2, 0.25) is 0 Å². The van der Waals surface area contributed by atoms with Crippen LogP contribution in [0.3, 0.4) is 0 Å². The Morgan fingerprint density at radius 3 is 2.71 bits per heavy atom. The minimum absolute atomic E-state index is 0.720. The monoisotopic (exact) mass is 296 g/mol. The average Bonchev–Trinajstić information content (AvgIpc) is 3.08. The van der Waals surface area contributed by atoms with Crippen molar-refractivity contribution in [1.29, 1.82) is 0 Å². The van der Waals surface area contributed by atoms with Gasteiger partial charge >= 0.3 is 0 Å². The lowest BCUT2D eigenvalue weighted by atomic mass is 10.1. The third-order valence-corrected chi connectivity index (χ3v) is 3.77. The van der Waals surface area contributed by atoms with Gasteiger partial charge < -0.3 is 5.32 Å². The summed E-state index contributed by atoms with van der Waals surface area (Å²) >= 11 is 1.55. The minimum Gasteiger partial charge on any atom is -0.370 e. The number of nitrogens with one attached hydrogen (secondary N) is 1. The Morgan fingerprint density at radius 1 is 1.14 bits per heavy atom. The van der Waals surface area contributed by atoms with Gasteiger partial charge in [-0.1, -0.05) is 37.3 Å². The molecule has 0 aliphatic rings. The quantitative estimate of drug-likeness (QED) is 0.770. The topological polar surface area (TPSA) is 50.7 Å². The molecule has 2 aromatic heterocycles. The predicted molar refractivity (Wildman–Crippen MR) is 87.4 cm³/mol. The van der Waals surface area contributed by atoms with Gasteiger partial charge in [0.15, 0.2) is 5.82 Å². The number of rotatable bonds is 5. The molecule has 2 heterocycles. The van der Waals surface area contributed by atoms with Crippen LogP contribution in [0.1, 0.15) is 13.3 Å². The van der Waals surface area contributed by atoms with Gasteiger partial charge in [-0.2, -0.15) is 0 Å². The van der Waals surface area contributed by atoms with Crippen LogP contribution in [0.25, 0.3) is 22.0 Å². The molecule has 106 valence electrons. The van der Waals surface area contributed by atoms with E-state index in [2.05, 4.69) is 39.3 Å². The van der Waals surface area contributed by atoms with Gasteiger partial charge in [-0.15, -0.1) is 11.3 Å². The largest absolute Gasteiger partial charge is 0.370 e. The number of hydrogen-bond donors (Lipinski definition) is 1. The SMILES string of the molecule is CCCNc1cc(-c2ccccc2)nc(-c2cncs2)n1. The zero-order valence-electron chi connectivity index (χ0n) is 11.8. The lowest BCUT2D eigenvalue weighted by molar-refractivity contribution is 0.966. The number of benzene rings is 1. The number of hydrogen-bond acceptors (Lipinski definition) is 5. The molecule has 0 bridgehead atoms. The van der Waals surface area contributed by atoms with Gasteiger partial charge in [0.2, 0.25) is 0 Å². The molecule has 1 N–H and O–H groups in total. The third-order valence-electron chi connectivity index (χ3n) is 3.00. The molecular weight excluding hydrogens is 280 g/mol. The van der Waals surface area contributed by atoms with E-state index in [4.69, 9.17) is 0 Å². The maximum absolute atomic E-state index is 4.67. The Hall–Kier alpha value is -2.27. The van der Waals surface area contributed by atoms with E-state index >= 15 is 0 Å². The molecule has 0 spiro atoms. The number of aromatic nitrogens is 3. The molecule has 1 aromatic carbocycles. The van der Waals surface area contributed by atoms with Crippen LogP contribution in [0, 0.1) is 0 Å². The van der Waals surface area contributed by atoms with Crippen LogP contribution in [0.15, 0.2) is 48.1 Å². The zero-order chi connectivity index (χ0) is 14.5. The normalized spacial score (nSPS) is 10.5. The molecule has 3 rings (SSSR count). The Kier molecular flexibility index (Phi) is 4.21. The van der Waals surface area contributed by atoms with E-state index in [0.717, 1.165) is 40.7 Å². The molecule has 0 aliphatic carbocycles. The molecular formula is C16H16N4S. The highest BCUT2D eigenvalue weighted by molar-refractivity contribution is 7.13. The fraction of sp³-hybridized carbons (Fsp3) is 0.188. The van der Waals surface area contributed by atoms with E-state index < -0.39 is 0 Å². The fourth-order valence-electron chi connectivity index (χ4n) is 1.98. The summed E-state index contributed by atoms with van der Waals surface area (Å²) in [5.74, 6) is 1.58. The number of thiazole rings is 1. The van der Waals surface area contributed by atoms with Crippen molar-refractivity contribution in [2.45, 2.75) is 13.3 Å². The standard InChI is InChI=1S/C16H16N4S/c1-2-8-18-15-9-13(12-6-4-3-5-7-12)19-16(20-15)14-10-17-11-21-14/h3-7,9-11H,2,8H2,1H3,(H,18,19,20). The van der Waals surface area contributed by atoms with Crippen LogP contribution in [-0.4, -0.2) is 21.5 Å². The van der Waals surface area contributed by atoms with E-state index in [1.54, 1.807) is 23.0 Å². The lowest BCUT2D eigenvalue weighted by Crippen LogP contribution is -2.04. The first kappa shape index (κ1) is 13.7. The van der Waals surface area contributed by atoms with Gasteiger partial charge in [-0.3, -0.25) is 4.98 Å². The van der Waals surface area contributed by atoms with Crippen molar-refractivity contribution >= 4 is 17.2 Å². The molecule has 0 amide bonds. The Bertz CT molecular complexity index is 696. The van der Waals surface area contributed by atoms with Crippen LogP contribution < -0.4 is 5.32 Å². The predicted octanol–water partition coefficient (Wildman–Crippen LogP) is 4.09. The van der Waals surface area contributed by atoms with Crippen molar-refractivity contribution in [2.75, 3.05) is 11.9 Å². The molecule has 0 radical (unpaired) electrons. The first-order chi connectivity index (χ1) is 10.4. The second-order valence-electron chi connectivity index (χ2n) is 4.62. The average molecular weight is 296 g/mol. The molecule has 5 heteroatoms. The van der Waals surface area contributed by atoms with E-state index in [1.165, 1.54) is 0 Å². The number of nitrogens with zero attached hydrogens (tertiary/aromatic N) is 3. The van der Waals surface area contributed by atoms with Gasteiger partial charge in [-0.25, -0.2) is 9.97 Å². The molecule has 0 unspecified atom stereocenters. The molecule has 0 saturated carbocycles. The summed E-state index contributed by atoms with van der Waals surface area (Å²) in [5, 5.41) is 3.34. The third kappa shape index (κ3) is 3.25. The summed E-state index contributed by atoms with van der Waals surface area (Å²) < 4.78 is 0. The smallest absolute Gasteiger partial charge is 0.173 e. The molecule has 0 fully saturated rings. The van der Waals surface area contributed by atoms with Crippen LogP contribution in [0.5, 0.6) is 0 Å². The van der Waals surface area contributed by atoms with Gasteiger partial charge in [0.25, 0.3) is 0 Å². The summed E-state index contributed by atoms with van der Waals surface area (Å²) in [4.78, 5) is 14.4. The molecule has 4 nitrogen and oxygen atoms in total. The van der Waals surface area contributed by atoms with Crippen LogP contribution in [-0.2, 0) is 0 Å². The highest BCUT2D eigenvalue weighted by Gasteiger charge is 2.09. The first-order valence-electron chi connectivity index (χ1n) is 6.94. The molecule has 21 heavy (non-hydrogen) atoms. The van der Waals surface area contributed by atoms with Gasteiger partial charge in [0.05, 0.1) is 16.1 Å². The molecule has 0 saturated heterocycles. The van der Waals surface area contributed by atoms with Gasteiger partial charge in [0.1, 0.15) is 5.82 Å². The van der Waals surface area contributed by atoms with Crippen LogP contribution in [0.4, 0.5) is 5.82 Å². The van der Waals surface area contributed by atoms with Crippen molar-refractivity contribution in [2.24, 2.45) is 0 Å². The molecule has 0 aliphatic heterocycles. The van der Waals surface area contributed by atoms with Crippen molar-refractivity contribution < 1.29 is 0 Å². The Morgan fingerprint density at radius 2 is 2.00 bits per heavy atom. The summed E-state index contributed by atoms with van der Waals surface area (Å²) in [5.41, 5.74) is 3.81. The second kappa shape index (κ2) is 6.45. The van der Waals surface area contributed by atoms with Crippen molar-refractivity contribution in [3.05, 3.63) is 48.1 Å².